The van der Waals surface area contributed by atoms with Crippen molar-refractivity contribution in [3.8, 4) is 0 Å². The lowest BCUT2D eigenvalue weighted by atomic mass is 10.0. The van der Waals surface area contributed by atoms with Crippen molar-refractivity contribution in [2.75, 3.05) is 24.5 Å². The Morgan fingerprint density at radius 2 is 1.74 bits per heavy atom. The summed E-state index contributed by atoms with van der Waals surface area (Å²) in [5, 5.41) is 7.49. The first-order chi connectivity index (χ1) is 16.3. The van der Waals surface area contributed by atoms with E-state index >= 15 is 0 Å². The number of nitrogens with zero attached hydrogens (tertiary/aromatic N) is 4. The summed E-state index contributed by atoms with van der Waals surface area (Å²) in [7, 11) is 0. The summed E-state index contributed by atoms with van der Waals surface area (Å²) in [6.45, 7) is 13.7. The topological polar surface area (TPSA) is 70.5 Å². The van der Waals surface area contributed by atoms with Gasteiger partial charge in [-0.3, -0.25) is 19.2 Å². The molecule has 7 nitrogen and oxygen atoms in total. The molecule has 0 radical (unpaired) electrons. The van der Waals surface area contributed by atoms with E-state index in [9.17, 15) is 9.59 Å². The molecule has 1 aromatic carbocycles. The third-order valence-electron chi connectivity index (χ3n) is 6.66. The molecule has 1 aliphatic rings. The molecule has 0 spiro atoms. The van der Waals surface area contributed by atoms with Crippen LogP contribution in [0.1, 0.15) is 80.2 Å². The Bertz CT molecular complexity index is 981. The number of fused-ring (bicyclic) bond motifs is 1. The lowest BCUT2D eigenvalue weighted by Gasteiger charge is -2.31. The summed E-state index contributed by atoms with van der Waals surface area (Å²) in [4.78, 5) is 29.9. The minimum Gasteiger partial charge on any atom is -0.350 e. The number of benzene rings is 1. The molecule has 0 aliphatic carbocycles. The molecule has 0 bridgehead atoms. The fourth-order valence-electron chi connectivity index (χ4n) is 4.70. The molecule has 0 unspecified atom stereocenters. The largest absolute Gasteiger partial charge is 0.350 e. The highest BCUT2D eigenvalue weighted by atomic mass is 16.2. The smallest absolute Gasteiger partial charge is 0.251 e. The number of hydrogen-bond donors (Lipinski definition) is 1. The van der Waals surface area contributed by atoms with Gasteiger partial charge in [-0.15, -0.1) is 0 Å². The molecule has 2 heterocycles. The first kappa shape index (κ1) is 25.9. The van der Waals surface area contributed by atoms with Crippen LogP contribution in [-0.2, 0) is 17.9 Å². The lowest BCUT2D eigenvalue weighted by molar-refractivity contribution is -0.116. The van der Waals surface area contributed by atoms with Crippen LogP contribution >= 0.6 is 0 Å². The first-order valence-electron chi connectivity index (χ1n) is 12.7. The minimum absolute atomic E-state index is 0.0523. The first-order valence-corrected chi connectivity index (χ1v) is 12.7. The zero-order chi connectivity index (χ0) is 24.7. The zero-order valence-electron chi connectivity index (χ0n) is 21.6. The highest BCUT2D eigenvalue weighted by Gasteiger charge is 2.21. The molecule has 3 rings (SSSR count). The van der Waals surface area contributed by atoms with Gasteiger partial charge in [-0.05, 0) is 76.9 Å². The van der Waals surface area contributed by atoms with E-state index in [4.69, 9.17) is 0 Å². The van der Waals surface area contributed by atoms with E-state index in [0.29, 0.717) is 24.7 Å². The maximum atomic E-state index is 13.0. The standard InChI is InChI=1S/C27H41N5O2/c1-20(2)30-14-9-7-6-8-10-15-31(23(5)33)26-12-11-24(18-25(26)19-30)27(34)28-13-16-32-22(4)17-21(3)29-32/h11-12,17-18,20H,6-10,13-16,19H2,1-5H3,(H,28,34). The van der Waals surface area contributed by atoms with Gasteiger partial charge in [0, 0.05) is 49.5 Å². The fourth-order valence-corrected chi connectivity index (χ4v) is 4.70. The molecule has 0 saturated carbocycles. The van der Waals surface area contributed by atoms with E-state index in [1.54, 1.807) is 6.92 Å². The molecule has 1 aromatic heterocycles. The summed E-state index contributed by atoms with van der Waals surface area (Å²) in [5.74, 6) is -0.0441. The number of carbonyl (C=O) groups excluding carboxylic acids is 2. The van der Waals surface area contributed by atoms with Crippen LogP contribution < -0.4 is 10.2 Å². The molecule has 7 heteroatoms. The number of carbonyl (C=O) groups is 2. The molecule has 186 valence electrons. The number of rotatable bonds is 5. The number of aryl methyl sites for hydroxylation is 2. The Labute approximate surface area is 204 Å². The number of nitrogens with one attached hydrogen (secondary N) is 1. The molecular weight excluding hydrogens is 426 g/mol. The summed E-state index contributed by atoms with van der Waals surface area (Å²) < 4.78 is 1.92. The van der Waals surface area contributed by atoms with Crippen molar-refractivity contribution in [3.63, 3.8) is 0 Å². The Balaban J connectivity index is 1.82. The Hall–Kier alpha value is -2.67. The molecule has 1 aliphatic heterocycles. The lowest BCUT2D eigenvalue weighted by Crippen LogP contribution is -2.35. The van der Waals surface area contributed by atoms with Crippen molar-refractivity contribution in [2.45, 2.75) is 85.9 Å². The normalized spacial score (nSPS) is 16.0. The second-order valence-electron chi connectivity index (χ2n) is 9.75. The predicted octanol–water partition coefficient (Wildman–Crippen LogP) is 4.46. The monoisotopic (exact) mass is 467 g/mol. The maximum Gasteiger partial charge on any atom is 0.251 e. The van der Waals surface area contributed by atoms with E-state index in [1.807, 2.05) is 47.7 Å². The van der Waals surface area contributed by atoms with Gasteiger partial charge in [0.25, 0.3) is 5.91 Å². The van der Waals surface area contributed by atoms with Crippen molar-refractivity contribution in [1.82, 2.24) is 20.0 Å². The quantitative estimate of drug-likeness (QED) is 0.705. The summed E-state index contributed by atoms with van der Waals surface area (Å²) >= 11 is 0. The number of aromatic nitrogens is 2. The van der Waals surface area contributed by atoms with Crippen LogP contribution in [0.25, 0.3) is 0 Å². The molecule has 2 aromatic rings. The van der Waals surface area contributed by atoms with E-state index in [1.165, 1.54) is 19.3 Å². The molecule has 2 amide bonds. The van der Waals surface area contributed by atoms with Crippen LogP contribution in [-0.4, -0.2) is 52.2 Å². The molecule has 0 atom stereocenters. The summed E-state index contributed by atoms with van der Waals surface area (Å²) in [5.41, 5.74) is 4.66. The van der Waals surface area contributed by atoms with Gasteiger partial charge in [-0.2, -0.15) is 5.10 Å². The van der Waals surface area contributed by atoms with Crippen LogP contribution in [0.15, 0.2) is 24.3 Å². The van der Waals surface area contributed by atoms with Crippen molar-refractivity contribution >= 4 is 17.5 Å². The summed E-state index contributed by atoms with van der Waals surface area (Å²) in [6, 6.07) is 8.20. The molecule has 0 fully saturated rings. The highest BCUT2D eigenvalue weighted by Crippen LogP contribution is 2.26. The SMILES string of the molecule is CC(=O)N1CCCCCCCN(C(C)C)Cc2cc(C(=O)NCCn3nc(C)cc3C)ccc21. The fraction of sp³-hybridized carbons (Fsp3) is 0.593. The van der Waals surface area contributed by atoms with E-state index in [0.717, 1.165) is 55.1 Å². The van der Waals surface area contributed by atoms with Crippen LogP contribution in [0.4, 0.5) is 5.69 Å². The third kappa shape index (κ3) is 6.92. The average Bonchev–Trinajstić information content (AvgIpc) is 3.10. The number of amides is 2. The minimum atomic E-state index is -0.0964. The maximum absolute atomic E-state index is 13.0. The zero-order valence-corrected chi connectivity index (χ0v) is 21.6. The van der Waals surface area contributed by atoms with Crippen LogP contribution in [0.2, 0.25) is 0 Å². The van der Waals surface area contributed by atoms with E-state index < -0.39 is 0 Å². The molecule has 1 N–H and O–H groups in total. The Morgan fingerprint density at radius 1 is 1.03 bits per heavy atom. The van der Waals surface area contributed by atoms with Crippen molar-refractivity contribution in [2.24, 2.45) is 0 Å². The predicted molar refractivity (Wildman–Crippen MR) is 137 cm³/mol. The van der Waals surface area contributed by atoms with Crippen molar-refractivity contribution in [1.29, 1.82) is 0 Å². The van der Waals surface area contributed by atoms with E-state index in [-0.39, 0.29) is 11.8 Å². The molecule has 0 saturated heterocycles. The van der Waals surface area contributed by atoms with Crippen molar-refractivity contribution < 1.29 is 9.59 Å². The van der Waals surface area contributed by atoms with E-state index in [2.05, 4.69) is 29.2 Å². The van der Waals surface area contributed by atoms with Crippen LogP contribution in [0, 0.1) is 13.8 Å². The Morgan fingerprint density at radius 3 is 2.38 bits per heavy atom. The second-order valence-corrected chi connectivity index (χ2v) is 9.75. The van der Waals surface area contributed by atoms with Crippen LogP contribution in [0.3, 0.4) is 0 Å². The van der Waals surface area contributed by atoms with Crippen LogP contribution in [0.5, 0.6) is 0 Å². The Kier molecular flexibility index (Phi) is 9.28. The van der Waals surface area contributed by atoms with Crippen molar-refractivity contribution in [3.05, 3.63) is 46.8 Å². The molecular formula is C27H41N5O2. The van der Waals surface area contributed by atoms with Gasteiger partial charge in [-0.1, -0.05) is 19.3 Å². The van der Waals surface area contributed by atoms with Gasteiger partial charge in [0.2, 0.25) is 5.91 Å². The van der Waals surface area contributed by atoms with Gasteiger partial charge in [0.15, 0.2) is 0 Å². The average molecular weight is 468 g/mol. The number of anilines is 1. The highest BCUT2D eigenvalue weighted by molar-refractivity contribution is 5.97. The van der Waals surface area contributed by atoms with Gasteiger partial charge in [0.05, 0.1) is 12.2 Å². The van der Waals surface area contributed by atoms with Gasteiger partial charge in [0.1, 0.15) is 0 Å². The third-order valence-corrected chi connectivity index (χ3v) is 6.66. The summed E-state index contributed by atoms with van der Waals surface area (Å²) in [6.07, 6.45) is 5.74. The van der Waals surface area contributed by atoms with Gasteiger partial charge in [-0.25, -0.2) is 0 Å². The number of hydrogen-bond acceptors (Lipinski definition) is 4. The van der Waals surface area contributed by atoms with Gasteiger partial charge >= 0.3 is 0 Å². The molecule has 34 heavy (non-hydrogen) atoms. The van der Waals surface area contributed by atoms with Gasteiger partial charge < -0.3 is 10.2 Å². The second kappa shape index (κ2) is 12.2.